The Morgan fingerprint density at radius 3 is 2.47 bits per heavy atom. The number of aromatic nitrogens is 1. The number of rotatable bonds is 9. The van der Waals surface area contributed by atoms with Crippen LogP contribution in [0.15, 0.2) is 30.8 Å². The molecule has 0 aliphatic carbocycles. The number of fused-ring (bicyclic) bond motifs is 7. The molecule has 3 aliphatic heterocycles. The van der Waals surface area contributed by atoms with Gasteiger partial charge >= 0.3 is 0 Å². The summed E-state index contributed by atoms with van der Waals surface area (Å²) >= 11 is 0. The Labute approximate surface area is 230 Å². The smallest absolute Gasteiger partial charge is 0.231 e. The second-order valence-electron chi connectivity index (χ2n) is 10.2. The zero-order valence-corrected chi connectivity index (χ0v) is 22.9. The second kappa shape index (κ2) is 10.9. The van der Waals surface area contributed by atoms with Crippen LogP contribution in [0.1, 0.15) is 68.7 Å². The van der Waals surface area contributed by atoms with E-state index in [-0.39, 0.29) is 31.8 Å². The summed E-state index contributed by atoms with van der Waals surface area (Å²) in [6.07, 6.45) is 8.20. The molecule has 38 heavy (non-hydrogen) atoms. The molecule has 0 fully saturated rings. The van der Waals surface area contributed by atoms with E-state index in [1.807, 2.05) is 6.07 Å². The van der Waals surface area contributed by atoms with Gasteiger partial charge in [-0.05, 0) is 43.2 Å². The van der Waals surface area contributed by atoms with E-state index in [2.05, 4.69) is 43.2 Å². The molecule has 7 heteroatoms. The molecule has 0 radical (unpaired) electrons. The van der Waals surface area contributed by atoms with E-state index in [1.165, 1.54) is 31.2 Å². The van der Waals surface area contributed by atoms with Crippen LogP contribution in [0.4, 0.5) is 0 Å². The number of unbranched alkanes of at least 4 members (excludes halogenated alkanes) is 5. The fourth-order valence-corrected chi connectivity index (χ4v) is 5.97. The first-order chi connectivity index (χ1) is 18.1. The standard InChI is InChI=1S/C31H34NO5.ClH/c1-4-5-6-7-8-9-10-24(33)20(3)30-28-22(11-12-25-31(28)37-18-34-25)19(2)29-23-16-27-26(35-17-36-27)15-21(23)13-14-32(29)30;/h11-12,15-16H,3-10,13-14,17-18H2,1-2H3;1H/q+1;/p-1. The molecule has 6 rings (SSSR count). The molecule has 3 aliphatic rings. The van der Waals surface area contributed by atoms with E-state index in [9.17, 15) is 4.79 Å². The number of Topliss-reactive ketones (excluding diaryl/α,β-unsaturated/α-hetero) is 1. The third kappa shape index (κ3) is 4.39. The first-order valence-electron chi connectivity index (χ1n) is 13.5. The number of ketones is 1. The molecule has 0 unspecified atom stereocenters. The van der Waals surface area contributed by atoms with Crippen molar-refractivity contribution in [2.75, 3.05) is 13.6 Å². The van der Waals surface area contributed by atoms with Crippen molar-refractivity contribution in [3.8, 4) is 34.3 Å². The monoisotopic (exact) mass is 535 g/mol. The van der Waals surface area contributed by atoms with Gasteiger partial charge in [0.15, 0.2) is 35.3 Å². The maximum atomic E-state index is 13.5. The lowest BCUT2D eigenvalue weighted by molar-refractivity contribution is -0.688. The fourth-order valence-electron chi connectivity index (χ4n) is 5.97. The SMILES string of the molecule is C=C(C(=O)CCCCCCCC)c1c2c3c(ccc2c(C)c2[n+]1CCc1cc4c(cc1-2)OCO4)OCO3.[Cl-]. The van der Waals surface area contributed by atoms with Gasteiger partial charge in [0.2, 0.25) is 25.0 Å². The van der Waals surface area contributed by atoms with Crippen LogP contribution < -0.4 is 35.9 Å². The number of allylic oxidation sites excluding steroid dienone is 1. The van der Waals surface area contributed by atoms with Crippen LogP contribution in [0.25, 0.3) is 27.6 Å². The minimum absolute atomic E-state index is 0. The highest BCUT2D eigenvalue weighted by molar-refractivity contribution is 6.22. The molecule has 0 saturated heterocycles. The lowest BCUT2D eigenvalue weighted by Crippen LogP contribution is -3.00. The van der Waals surface area contributed by atoms with E-state index < -0.39 is 0 Å². The van der Waals surface area contributed by atoms with Gasteiger partial charge in [0.1, 0.15) is 5.39 Å². The van der Waals surface area contributed by atoms with Gasteiger partial charge in [-0.1, -0.05) is 45.6 Å². The highest BCUT2D eigenvalue weighted by Gasteiger charge is 2.37. The van der Waals surface area contributed by atoms with E-state index in [4.69, 9.17) is 18.9 Å². The van der Waals surface area contributed by atoms with Crippen LogP contribution in [0, 0.1) is 6.92 Å². The molecule has 3 aromatic rings. The summed E-state index contributed by atoms with van der Waals surface area (Å²) in [5, 5.41) is 1.96. The average molecular weight is 536 g/mol. The number of carbonyl (C=O) groups excluding carboxylic acids is 1. The minimum Gasteiger partial charge on any atom is -1.00 e. The third-order valence-corrected chi connectivity index (χ3v) is 7.91. The van der Waals surface area contributed by atoms with Gasteiger partial charge in [-0.25, -0.2) is 0 Å². The van der Waals surface area contributed by atoms with E-state index in [1.54, 1.807) is 0 Å². The summed E-state index contributed by atoms with van der Waals surface area (Å²) in [7, 11) is 0. The van der Waals surface area contributed by atoms with Gasteiger partial charge in [-0.3, -0.25) is 4.79 Å². The summed E-state index contributed by atoms with van der Waals surface area (Å²) in [4.78, 5) is 13.5. The predicted molar refractivity (Wildman–Crippen MR) is 142 cm³/mol. The summed E-state index contributed by atoms with van der Waals surface area (Å²) in [5.41, 5.74) is 5.96. The van der Waals surface area contributed by atoms with Crippen LogP contribution in [-0.2, 0) is 17.8 Å². The van der Waals surface area contributed by atoms with Crippen LogP contribution >= 0.6 is 0 Å². The number of nitrogens with zero attached hydrogens (tertiary/aromatic N) is 1. The molecular weight excluding hydrogens is 502 g/mol. The Morgan fingerprint density at radius 1 is 0.947 bits per heavy atom. The summed E-state index contributed by atoms with van der Waals surface area (Å²) in [6, 6.07) is 8.22. The molecule has 0 bridgehead atoms. The van der Waals surface area contributed by atoms with Crippen LogP contribution in [0.3, 0.4) is 0 Å². The summed E-state index contributed by atoms with van der Waals surface area (Å²) in [6.45, 7) is 9.89. The maximum Gasteiger partial charge on any atom is 0.231 e. The lowest BCUT2D eigenvalue weighted by atomic mass is 9.88. The normalized spacial score (nSPS) is 14.2. The predicted octanol–water partition coefficient (Wildman–Crippen LogP) is 3.45. The van der Waals surface area contributed by atoms with E-state index >= 15 is 0 Å². The number of carbonyl (C=O) groups is 1. The molecule has 0 N–H and O–H groups in total. The van der Waals surface area contributed by atoms with Crippen LogP contribution in [0.5, 0.6) is 23.0 Å². The summed E-state index contributed by atoms with van der Waals surface area (Å²) in [5.74, 6) is 3.08. The molecule has 6 nitrogen and oxygen atoms in total. The maximum absolute atomic E-state index is 13.5. The Hall–Kier alpha value is -3.25. The minimum atomic E-state index is 0. The van der Waals surface area contributed by atoms with Crippen LogP contribution in [-0.4, -0.2) is 19.4 Å². The number of hydrogen-bond donors (Lipinski definition) is 0. The van der Waals surface area contributed by atoms with Crippen molar-refractivity contribution in [2.24, 2.45) is 0 Å². The number of benzene rings is 2. The fraction of sp³-hybridized carbons (Fsp3) is 0.419. The van der Waals surface area contributed by atoms with Crippen molar-refractivity contribution in [1.29, 1.82) is 0 Å². The van der Waals surface area contributed by atoms with Crippen molar-refractivity contribution in [3.05, 3.63) is 47.7 Å². The Morgan fingerprint density at radius 2 is 1.66 bits per heavy atom. The van der Waals surface area contributed by atoms with Crippen LogP contribution in [0.2, 0.25) is 0 Å². The third-order valence-electron chi connectivity index (χ3n) is 7.91. The molecule has 2 aromatic carbocycles. The molecular formula is C31H34ClNO5. The highest BCUT2D eigenvalue weighted by Crippen LogP contribution is 2.46. The van der Waals surface area contributed by atoms with E-state index in [0.717, 1.165) is 70.6 Å². The van der Waals surface area contributed by atoms with Gasteiger partial charge in [0.25, 0.3) is 0 Å². The van der Waals surface area contributed by atoms with Gasteiger partial charge in [0.05, 0.1) is 11.1 Å². The largest absolute Gasteiger partial charge is 1.00 e. The van der Waals surface area contributed by atoms with Crippen molar-refractivity contribution >= 4 is 22.1 Å². The molecule has 4 heterocycles. The average Bonchev–Trinajstić information content (AvgIpc) is 3.58. The van der Waals surface area contributed by atoms with E-state index in [0.29, 0.717) is 23.5 Å². The van der Waals surface area contributed by atoms with Crippen molar-refractivity contribution in [1.82, 2.24) is 0 Å². The molecule has 0 atom stereocenters. The zero-order valence-electron chi connectivity index (χ0n) is 22.2. The van der Waals surface area contributed by atoms with Gasteiger partial charge in [-0.15, -0.1) is 0 Å². The first kappa shape index (κ1) is 26.4. The Kier molecular flexibility index (Phi) is 7.53. The lowest BCUT2D eigenvalue weighted by Gasteiger charge is -2.22. The van der Waals surface area contributed by atoms with Crippen molar-refractivity contribution < 1.29 is 40.7 Å². The summed E-state index contributed by atoms with van der Waals surface area (Å²) < 4.78 is 25.3. The number of pyridine rings is 1. The second-order valence-corrected chi connectivity index (χ2v) is 10.2. The topological polar surface area (TPSA) is 57.9 Å². The number of hydrogen-bond acceptors (Lipinski definition) is 5. The van der Waals surface area contributed by atoms with Gasteiger partial charge in [-0.2, -0.15) is 4.57 Å². The zero-order chi connectivity index (χ0) is 25.5. The van der Waals surface area contributed by atoms with Gasteiger partial charge in [0, 0.05) is 23.8 Å². The molecule has 200 valence electrons. The quantitative estimate of drug-likeness (QED) is 0.239. The highest BCUT2D eigenvalue weighted by atomic mass is 35.5. The molecule has 0 amide bonds. The molecule has 1 aromatic heterocycles. The number of halogens is 1. The Balaban J connectivity index is 0.00000294. The van der Waals surface area contributed by atoms with Gasteiger partial charge < -0.3 is 31.4 Å². The van der Waals surface area contributed by atoms with Crippen molar-refractivity contribution in [2.45, 2.75) is 71.8 Å². The van der Waals surface area contributed by atoms with Crippen molar-refractivity contribution in [3.63, 3.8) is 0 Å². The molecule has 0 spiro atoms. The molecule has 0 saturated carbocycles. The Bertz CT molecular complexity index is 1430. The first-order valence-corrected chi connectivity index (χ1v) is 13.5. The number of aryl methyl sites for hydroxylation is 2. The number of ether oxygens (including phenoxy) is 4.